The van der Waals surface area contributed by atoms with Gasteiger partial charge in [0.05, 0.1) is 12.2 Å². The van der Waals surface area contributed by atoms with Crippen LogP contribution in [0.3, 0.4) is 0 Å². The van der Waals surface area contributed by atoms with Gasteiger partial charge >= 0.3 is 0 Å². The number of carbonyl (C=O) groups excluding carboxylic acids is 1. The zero-order chi connectivity index (χ0) is 12.4. The van der Waals surface area contributed by atoms with E-state index in [1.165, 1.54) is 0 Å². The molecule has 93 valence electrons. The van der Waals surface area contributed by atoms with E-state index in [4.69, 9.17) is 0 Å². The van der Waals surface area contributed by atoms with Crippen molar-refractivity contribution in [1.82, 2.24) is 10.6 Å². The van der Waals surface area contributed by atoms with Crippen molar-refractivity contribution < 1.29 is 4.79 Å². The summed E-state index contributed by atoms with van der Waals surface area (Å²) in [5, 5.41) is 7.59. The Morgan fingerprint density at radius 3 is 2.61 bits per heavy atom. The Balaban J connectivity index is 2.01. The van der Waals surface area contributed by atoms with E-state index < -0.39 is 0 Å². The van der Waals surface area contributed by atoms with Crippen LogP contribution in [0.4, 0.5) is 5.69 Å². The first-order valence-electron chi connectivity index (χ1n) is 6.32. The molecule has 2 heterocycles. The molecule has 18 heavy (non-hydrogen) atoms. The minimum atomic E-state index is -0.217. The molecule has 0 bridgehead atoms. The molecule has 2 aliphatic rings. The quantitative estimate of drug-likeness (QED) is 0.744. The Hall–Kier alpha value is -1.77. The number of piperidine rings is 1. The molecule has 4 heteroatoms. The van der Waals surface area contributed by atoms with Crippen molar-refractivity contribution >= 4 is 11.6 Å². The van der Waals surface area contributed by atoms with Gasteiger partial charge in [0.15, 0.2) is 0 Å². The maximum absolute atomic E-state index is 11.2. The molecule has 0 amide bonds. The van der Waals surface area contributed by atoms with Gasteiger partial charge in [-0.1, -0.05) is 18.2 Å². The van der Waals surface area contributed by atoms with Crippen molar-refractivity contribution in [3.05, 3.63) is 36.0 Å². The molecule has 1 N–H and O–H groups in total. The van der Waals surface area contributed by atoms with Gasteiger partial charge in [-0.05, 0) is 25.0 Å². The average Bonchev–Trinajstić information content (AvgIpc) is 2.78. The number of para-hydroxylation sites is 1. The van der Waals surface area contributed by atoms with Gasteiger partial charge in [0.1, 0.15) is 11.6 Å². The summed E-state index contributed by atoms with van der Waals surface area (Å²) in [6.07, 6.45) is 1.78. The lowest BCUT2D eigenvalue weighted by molar-refractivity contribution is 0.354. The highest BCUT2D eigenvalue weighted by Crippen LogP contribution is 2.38. The third-order valence-electron chi connectivity index (χ3n) is 3.93. The maximum Gasteiger partial charge on any atom is 0.148 e. The second kappa shape index (κ2) is 4.48. The van der Waals surface area contributed by atoms with Gasteiger partial charge < -0.3 is 10.2 Å². The lowest BCUT2D eigenvalue weighted by atomic mass is 9.85. The van der Waals surface area contributed by atoms with Crippen LogP contribution < -0.4 is 15.5 Å². The van der Waals surface area contributed by atoms with E-state index in [9.17, 15) is 4.79 Å². The SMILES string of the molecule is O=C=C1NCN(c2ccccc2)C12CC[N]CC2. The third kappa shape index (κ3) is 1.62. The van der Waals surface area contributed by atoms with E-state index >= 15 is 0 Å². The highest BCUT2D eigenvalue weighted by molar-refractivity contribution is 5.65. The molecule has 2 fully saturated rings. The first kappa shape index (κ1) is 11.3. The summed E-state index contributed by atoms with van der Waals surface area (Å²) in [7, 11) is 0. The largest absolute Gasteiger partial charge is 0.360 e. The van der Waals surface area contributed by atoms with Gasteiger partial charge in [-0.15, -0.1) is 0 Å². The predicted molar refractivity (Wildman–Crippen MR) is 70.0 cm³/mol. The lowest BCUT2D eigenvalue weighted by Gasteiger charge is -2.40. The number of nitrogens with one attached hydrogen (secondary N) is 1. The number of hydrogen-bond donors (Lipinski definition) is 1. The van der Waals surface area contributed by atoms with Crippen LogP contribution in [0.2, 0.25) is 0 Å². The van der Waals surface area contributed by atoms with Crippen molar-refractivity contribution in [3.8, 4) is 0 Å². The molecule has 1 radical (unpaired) electrons. The van der Waals surface area contributed by atoms with Crippen LogP contribution in [0.5, 0.6) is 0 Å². The minimum absolute atomic E-state index is 0.217. The van der Waals surface area contributed by atoms with E-state index in [0.29, 0.717) is 12.4 Å². The van der Waals surface area contributed by atoms with Crippen molar-refractivity contribution in [1.29, 1.82) is 0 Å². The van der Waals surface area contributed by atoms with E-state index in [1.807, 2.05) is 18.2 Å². The van der Waals surface area contributed by atoms with Crippen molar-refractivity contribution in [3.63, 3.8) is 0 Å². The summed E-state index contributed by atoms with van der Waals surface area (Å²) in [6.45, 7) is 2.31. The summed E-state index contributed by atoms with van der Waals surface area (Å²) in [5.74, 6) is 2.10. The molecule has 2 aliphatic heterocycles. The summed E-state index contributed by atoms with van der Waals surface area (Å²) in [6, 6.07) is 10.2. The van der Waals surface area contributed by atoms with E-state index in [0.717, 1.165) is 31.6 Å². The van der Waals surface area contributed by atoms with Gasteiger partial charge in [0.25, 0.3) is 0 Å². The molecule has 0 aromatic heterocycles. The second-order valence-corrected chi connectivity index (χ2v) is 4.78. The fourth-order valence-corrected chi connectivity index (χ4v) is 2.97. The second-order valence-electron chi connectivity index (χ2n) is 4.78. The van der Waals surface area contributed by atoms with Crippen LogP contribution in [0.25, 0.3) is 0 Å². The highest BCUT2D eigenvalue weighted by atomic mass is 16.1. The number of benzene rings is 1. The van der Waals surface area contributed by atoms with Crippen LogP contribution >= 0.6 is 0 Å². The molecule has 3 rings (SSSR count). The zero-order valence-corrected chi connectivity index (χ0v) is 10.2. The van der Waals surface area contributed by atoms with Crippen LogP contribution in [-0.2, 0) is 4.79 Å². The fraction of sp³-hybridized carbons (Fsp3) is 0.429. The van der Waals surface area contributed by atoms with Crippen molar-refractivity contribution in [2.75, 3.05) is 24.7 Å². The molecule has 1 aromatic rings. The highest BCUT2D eigenvalue weighted by Gasteiger charge is 2.47. The number of nitrogens with zero attached hydrogens (tertiary/aromatic N) is 2. The standard InChI is InChI=1S/C14H16N3O/c18-10-13-14(6-8-15-9-7-14)17(11-16-13)12-4-2-1-3-5-12/h1-5,16H,6-9,11H2. The Morgan fingerprint density at radius 2 is 1.94 bits per heavy atom. The van der Waals surface area contributed by atoms with E-state index in [1.54, 1.807) is 0 Å². The van der Waals surface area contributed by atoms with E-state index in [-0.39, 0.29) is 5.54 Å². The Bertz CT molecular complexity index is 473. The monoisotopic (exact) mass is 242 g/mol. The minimum Gasteiger partial charge on any atom is -0.360 e. The molecule has 1 spiro atoms. The zero-order valence-electron chi connectivity index (χ0n) is 10.2. The van der Waals surface area contributed by atoms with Gasteiger partial charge in [0, 0.05) is 18.8 Å². The molecule has 0 saturated carbocycles. The predicted octanol–water partition coefficient (Wildman–Crippen LogP) is 0.906. The molecular formula is C14H16N3O. The summed E-state index contributed by atoms with van der Waals surface area (Å²) in [4.78, 5) is 13.5. The molecule has 0 aliphatic carbocycles. The molecular weight excluding hydrogens is 226 g/mol. The molecule has 0 atom stereocenters. The van der Waals surface area contributed by atoms with Crippen LogP contribution in [0.1, 0.15) is 12.8 Å². The normalized spacial score (nSPS) is 21.8. The topological polar surface area (TPSA) is 46.4 Å². The number of hydrogen-bond acceptors (Lipinski definition) is 3. The Kier molecular flexibility index (Phi) is 2.82. The smallest absolute Gasteiger partial charge is 0.148 e. The maximum atomic E-state index is 11.2. The molecule has 2 saturated heterocycles. The Morgan fingerprint density at radius 1 is 1.22 bits per heavy atom. The molecule has 1 aromatic carbocycles. The molecule has 4 nitrogen and oxygen atoms in total. The van der Waals surface area contributed by atoms with Gasteiger partial charge in [-0.2, -0.15) is 0 Å². The van der Waals surface area contributed by atoms with Crippen molar-refractivity contribution in [2.24, 2.45) is 0 Å². The first-order valence-corrected chi connectivity index (χ1v) is 6.32. The van der Waals surface area contributed by atoms with Crippen molar-refractivity contribution in [2.45, 2.75) is 18.4 Å². The van der Waals surface area contributed by atoms with Crippen LogP contribution in [0.15, 0.2) is 36.0 Å². The first-order chi connectivity index (χ1) is 8.87. The summed E-state index contributed by atoms with van der Waals surface area (Å²) >= 11 is 0. The van der Waals surface area contributed by atoms with Gasteiger partial charge in [0.2, 0.25) is 0 Å². The number of rotatable bonds is 1. The lowest BCUT2D eigenvalue weighted by Crippen LogP contribution is -2.51. The third-order valence-corrected chi connectivity index (χ3v) is 3.93. The average molecular weight is 242 g/mol. The Labute approximate surface area is 107 Å². The van der Waals surface area contributed by atoms with E-state index in [2.05, 4.69) is 33.6 Å². The fourth-order valence-electron chi connectivity index (χ4n) is 2.97. The van der Waals surface area contributed by atoms with Gasteiger partial charge in [-0.25, -0.2) is 10.1 Å². The number of anilines is 1. The summed E-state index contributed by atoms with van der Waals surface area (Å²) < 4.78 is 0. The molecule has 0 unspecified atom stereocenters. The van der Waals surface area contributed by atoms with Gasteiger partial charge in [-0.3, -0.25) is 0 Å². The van der Waals surface area contributed by atoms with Crippen LogP contribution in [0, 0.1) is 0 Å². The van der Waals surface area contributed by atoms with Crippen LogP contribution in [-0.4, -0.2) is 31.2 Å². The summed E-state index contributed by atoms with van der Waals surface area (Å²) in [5.41, 5.74) is 1.63.